The van der Waals surface area contributed by atoms with Gasteiger partial charge in [0.2, 0.25) is 0 Å². The predicted molar refractivity (Wildman–Crippen MR) is 113 cm³/mol. The van der Waals surface area contributed by atoms with Crippen molar-refractivity contribution in [3.05, 3.63) is 46.7 Å². The standard InChI is InChI=1S/C18H21BN4O4S2/c1-11-14(4-2-5-20-11)27-15-8-12(28-7-3-6-24)9-21-17(15)23-18-22-16(19-29-18)13(26)10-25/h2,4-5,8-9,13,24-26H,3,6-7,10H2,1H3,(H,21,22,23). The summed E-state index contributed by atoms with van der Waals surface area (Å²) in [6, 6.07) is 5.48. The number of ether oxygens (including phenoxy) is 1. The Morgan fingerprint density at radius 1 is 1.34 bits per heavy atom. The van der Waals surface area contributed by atoms with Crippen molar-refractivity contribution in [2.24, 2.45) is 4.99 Å². The van der Waals surface area contributed by atoms with Gasteiger partial charge in [-0.15, -0.1) is 0 Å². The third-order valence-corrected chi connectivity index (χ3v) is 5.68. The summed E-state index contributed by atoms with van der Waals surface area (Å²) in [7, 11) is 0. The summed E-state index contributed by atoms with van der Waals surface area (Å²) in [6.07, 6.45) is 4.81. The Balaban J connectivity index is 1.95. The molecule has 0 aliphatic carbocycles. The quantitative estimate of drug-likeness (QED) is 0.301. The minimum atomic E-state index is -0.984. The molecular weight excluding hydrogens is 411 g/mol. The molecule has 11 heteroatoms. The molecule has 3 rings (SSSR count). The van der Waals surface area contributed by atoms with E-state index in [1.165, 1.54) is 11.2 Å². The van der Waals surface area contributed by atoms with Crippen LogP contribution < -0.4 is 9.54 Å². The molecular formula is C18H21BN4O4S2. The molecule has 0 fully saturated rings. The average Bonchev–Trinajstić information content (AvgIpc) is 3.19. The Kier molecular flexibility index (Phi) is 7.96. The van der Waals surface area contributed by atoms with E-state index in [-0.39, 0.29) is 13.2 Å². The molecule has 0 aromatic carbocycles. The van der Waals surface area contributed by atoms with E-state index in [0.717, 1.165) is 16.3 Å². The van der Waals surface area contributed by atoms with Gasteiger partial charge < -0.3 is 0 Å². The molecule has 3 aromatic heterocycles. The second-order valence-corrected chi connectivity index (χ2v) is 8.07. The van der Waals surface area contributed by atoms with Gasteiger partial charge in [0.05, 0.1) is 0 Å². The van der Waals surface area contributed by atoms with Crippen molar-refractivity contribution in [3.63, 3.8) is 0 Å². The molecule has 0 radical (unpaired) electrons. The first-order valence-electron chi connectivity index (χ1n) is 8.95. The van der Waals surface area contributed by atoms with Crippen LogP contribution in [0, 0.1) is 6.92 Å². The normalized spacial score (nSPS) is 12.8. The van der Waals surface area contributed by atoms with E-state index < -0.39 is 6.10 Å². The van der Waals surface area contributed by atoms with Crippen LogP contribution in [0.5, 0.6) is 11.5 Å². The topological polar surface area (TPSA) is 124 Å². The van der Waals surface area contributed by atoms with E-state index in [1.54, 1.807) is 36.4 Å². The van der Waals surface area contributed by atoms with Gasteiger partial charge in [0.25, 0.3) is 0 Å². The van der Waals surface area contributed by atoms with Crippen molar-refractivity contribution in [2.45, 2.75) is 24.3 Å². The first-order chi connectivity index (χ1) is 14.1. The van der Waals surface area contributed by atoms with Gasteiger partial charge in [-0.25, -0.2) is 0 Å². The SMILES string of the molecule is Cc1ncccc1Oc1cc(SCCCO)cnc1/N=c1/[nH]c(C(O)CO)bs1. The number of nitrogens with zero attached hydrogens (tertiary/aromatic N) is 3. The summed E-state index contributed by atoms with van der Waals surface area (Å²) < 4.78 is 6.05. The van der Waals surface area contributed by atoms with E-state index in [2.05, 4.69) is 19.9 Å². The van der Waals surface area contributed by atoms with Gasteiger partial charge in [0.15, 0.2) is 0 Å². The summed E-state index contributed by atoms with van der Waals surface area (Å²) >= 11 is 2.87. The number of thioether (sulfide) groups is 1. The van der Waals surface area contributed by atoms with Crippen LogP contribution in [0.1, 0.15) is 23.8 Å². The molecule has 0 spiro atoms. The Bertz CT molecular complexity index is 1010. The second-order valence-electron chi connectivity index (χ2n) is 6.04. The monoisotopic (exact) mass is 432 g/mol. The number of pyridine rings is 2. The van der Waals surface area contributed by atoms with Gasteiger partial charge in [-0.1, -0.05) is 0 Å². The number of aromatic amines is 1. The molecule has 152 valence electrons. The summed E-state index contributed by atoms with van der Waals surface area (Å²) in [5.41, 5.74) is 1.23. The number of aliphatic hydroxyl groups is 3. The van der Waals surface area contributed by atoms with Crippen LogP contribution in [0.4, 0.5) is 5.82 Å². The van der Waals surface area contributed by atoms with E-state index in [0.29, 0.717) is 34.1 Å². The molecule has 3 heterocycles. The summed E-state index contributed by atoms with van der Waals surface area (Å²) in [4.78, 5) is 17.6. The van der Waals surface area contributed by atoms with Crippen molar-refractivity contribution >= 4 is 34.9 Å². The molecule has 4 N–H and O–H groups in total. The number of aromatic nitrogens is 3. The number of hydrogen-bond donors (Lipinski definition) is 4. The Hall–Kier alpha value is -2.05. The Morgan fingerprint density at radius 2 is 2.21 bits per heavy atom. The van der Waals surface area contributed by atoms with E-state index >= 15 is 0 Å². The van der Waals surface area contributed by atoms with Gasteiger partial charge in [-0.2, -0.15) is 0 Å². The molecule has 0 aliphatic rings. The first-order valence-corrected chi connectivity index (χ1v) is 10.8. The van der Waals surface area contributed by atoms with Crippen LogP contribution in [-0.2, 0) is 0 Å². The molecule has 1 atom stereocenters. The second kappa shape index (κ2) is 10.7. The van der Waals surface area contributed by atoms with Crippen molar-refractivity contribution < 1.29 is 20.1 Å². The van der Waals surface area contributed by atoms with Crippen LogP contribution in [0.15, 0.2) is 40.5 Å². The number of rotatable bonds is 9. The predicted octanol–water partition coefficient (Wildman–Crippen LogP) is 2.04. The summed E-state index contributed by atoms with van der Waals surface area (Å²) in [6.45, 7) is 1.62. The fourth-order valence-electron chi connectivity index (χ4n) is 2.32. The van der Waals surface area contributed by atoms with Gasteiger partial charge in [0.1, 0.15) is 0 Å². The van der Waals surface area contributed by atoms with Crippen LogP contribution in [0.2, 0.25) is 0 Å². The van der Waals surface area contributed by atoms with E-state index in [9.17, 15) is 5.11 Å². The van der Waals surface area contributed by atoms with E-state index in [4.69, 9.17) is 14.9 Å². The third kappa shape index (κ3) is 5.97. The number of nitrogens with one attached hydrogen (secondary N) is 1. The zero-order valence-electron chi connectivity index (χ0n) is 15.8. The van der Waals surface area contributed by atoms with Crippen molar-refractivity contribution in [3.8, 4) is 11.5 Å². The number of hydrogen-bond acceptors (Lipinski definition) is 9. The minimum absolute atomic E-state index is 0.141. The molecule has 0 bridgehead atoms. The maximum atomic E-state index is 9.74. The third-order valence-electron chi connectivity index (χ3n) is 3.85. The molecule has 0 saturated heterocycles. The van der Waals surface area contributed by atoms with Crippen LogP contribution >= 0.6 is 22.9 Å². The zero-order valence-corrected chi connectivity index (χ0v) is 17.4. The fraction of sp³-hybridized carbons (Fsp3) is 0.333. The number of aryl methyl sites for hydroxylation is 1. The van der Waals surface area contributed by atoms with Gasteiger partial charge in [-0.05, 0) is 0 Å². The first kappa shape index (κ1) is 21.7. The Morgan fingerprint density at radius 3 is 2.97 bits per heavy atom. The van der Waals surface area contributed by atoms with Crippen LogP contribution in [0.25, 0.3) is 0 Å². The number of H-pyrrole nitrogens is 1. The van der Waals surface area contributed by atoms with Gasteiger partial charge in [-0.3, -0.25) is 0 Å². The zero-order chi connectivity index (χ0) is 20.6. The Labute approximate surface area is 176 Å². The molecule has 29 heavy (non-hydrogen) atoms. The molecule has 8 nitrogen and oxygen atoms in total. The van der Waals surface area contributed by atoms with Gasteiger partial charge >= 0.3 is 176 Å². The van der Waals surface area contributed by atoms with Gasteiger partial charge in [0, 0.05) is 0 Å². The fourth-order valence-corrected chi connectivity index (χ4v) is 3.92. The average molecular weight is 432 g/mol. The molecule has 0 saturated carbocycles. The molecule has 1 unspecified atom stereocenters. The van der Waals surface area contributed by atoms with Crippen LogP contribution in [-0.4, -0.2) is 55.4 Å². The van der Waals surface area contributed by atoms with Crippen molar-refractivity contribution in [2.75, 3.05) is 19.0 Å². The van der Waals surface area contributed by atoms with Crippen molar-refractivity contribution in [1.82, 2.24) is 15.0 Å². The molecule has 0 aliphatic heterocycles. The molecule has 0 amide bonds. The van der Waals surface area contributed by atoms with Crippen LogP contribution in [0.3, 0.4) is 0 Å². The maximum absolute atomic E-state index is 9.74. The van der Waals surface area contributed by atoms with Crippen molar-refractivity contribution in [1.29, 1.82) is 0 Å². The van der Waals surface area contributed by atoms with E-state index in [1.807, 2.05) is 19.1 Å². The number of aliphatic hydroxyl groups excluding tert-OH is 3. The molecule has 3 aromatic rings. The summed E-state index contributed by atoms with van der Waals surface area (Å²) in [5, 5.41) is 27.8. The summed E-state index contributed by atoms with van der Waals surface area (Å²) in [5.74, 6) is 2.22.